The molecule has 2 saturated carbocycles. The van der Waals surface area contributed by atoms with Crippen LogP contribution >= 0.6 is 0 Å². The Balaban J connectivity index is 1.18. The van der Waals surface area contributed by atoms with Gasteiger partial charge >= 0.3 is 5.97 Å². The Bertz CT molecular complexity index is 1260. The van der Waals surface area contributed by atoms with Crippen LogP contribution in [0, 0.1) is 29.6 Å². The Morgan fingerprint density at radius 1 is 0.253 bits per heavy atom. The average Bonchev–Trinajstić information content (AvgIpc) is 4.58. The molecule has 0 aliphatic heterocycles. The second-order valence-corrected chi connectivity index (χ2v) is 29.3. The predicted molar refractivity (Wildman–Crippen MR) is 370 cm³/mol. The van der Waals surface area contributed by atoms with Gasteiger partial charge in [0, 0.05) is 0 Å². The zero-order chi connectivity index (χ0) is 59.2. The average molecular weight is 1170 g/mol. The third-order valence-corrected chi connectivity index (χ3v) is 21.2. The molecule has 2 fully saturated rings. The molecule has 494 valence electrons. The van der Waals surface area contributed by atoms with Crippen molar-refractivity contribution in [3.8, 4) is 0 Å². The zero-order valence-corrected chi connectivity index (χ0v) is 57.5. The Morgan fingerprint density at radius 2 is 0.410 bits per heavy atom. The third-order valence-electron chi connectivity index (χ3n) is 21.2. The van der Waals surface area contributed by atoms with Gasteiger partial charge in [0.15, 0.2) is 0 Å². The first-order chi connectivity index (χ1) is 41.1. The van der Waals surface area contributed by atoms with Gasteiger partial charge in [-0.2, -0.15) is 0 Å². The third kappa shape index (κ3) is 55.2. The van der Waals surface area contributed by atoms with Crippen LogP contribution in [-0.2, 0) is 4.79 Å². The van der Waals surface area contributed by atoms with Crippen molar-refractivity contribution in [1.29, 1.82) is 0 Å². The van der Waals surface area contributed by atoms with Crippen LogP contribution in [0.2, 0.25) is 0 Å². The summed E-state index contributed by atoms with van der Waals surface area (Å²) in [5.41, 5.74) is 0. The fraction of sp³-hybridized carbons (Fsp3) is 0.988. The van der Waals surface area contributed by atoms with Gasteiger partial charge in [-0.1, -0.05) is 444 Å². The van der Waals surface area contributed by atoms with E-state index in [4.69, 9.17) is 0 Å². The predicted octanol–water partition coefficient (Wildman–Crippen LogP) is 28.3. The summed E-state index contributed by atoms with van der Waals surface area (Å²) in [6.45, 7) is 4.61. The summed E-state index contributed by atoms with van der Waals surface area (Å²) in [5, 5.41) is 20.5. The van der Waals surface area contributed by atoms with Gasteiger partial charge in [0.05, 0.1) is 12.0 Å². The summed E-state index contributed by atoms with van der Waals surface area (Å²) in [4.78, 5) is 12.0. The molecule has 2 N–H and O–H groups in total. The molecule has 2 aliphatic carbocycles. The molecule has 0 saturated heterocycles. The van der Waals surface area contributed by atoms with Gasteiger partial charge in [-0.3, -0.25) is 4.79 Å². The van der Waals surface area contributed by atoms with Crippen LogP contribution in [0.5, 0.6) is 0 Å². The summed E-state index contributed by atoms with van der Waals surface area (Å²) in [6, 6.07) is 0. The maximum atomic E-state index is 12.0. The number of aliphatic hydroxyl groups excluding tert-OH is 1. The Labute approximate surface area is 523 Å². The molecule has 0 amide bonds. The molecule has 0 heterocycles. The molecule has 3 nitrogen and oxygen atoms in total. The molecule has 0 bridgehead atoms. The molecule has 0 spiro atoms. The van der Waals surface area contributed by atoms with E-state index in [2.05, 4.69) is 13.8 Å². The van der Waals surface area contributed by atoms with E-state index in [0.29, 0.717) is 12.8 Å². The van der Waals surface area contributed by atoms with E-state index < -0.39 is 18.0 Å². The van der Waals surface area contributed by atoms with E-state index in [0.717, 1.165) is 49.4 Å². The first-order valence-electron chi connectivity index (χ1n) is 40.0. The number of unbranched alkanes of at least 4 members (excludes halogenated alkanes) is 59. The van der Waals surface area contributed by atoms with E-state index in [9.17, 15) is 15.0 Å². The van der Waals surface area contributed by atoms with Crippen LogP contribution in [0.15, 0.2) is 0 Å². The van der Waals surface area contributed by atoms with Crippen molar-refractivity contribution < 1.29 is 15.0 Å². The normalized spacial score (nSPS) is 17.4. The van der Waals surface area contributed by atoms with Gasteiger partial charge in [0.25, 0.3) is 0 Å². The van der Waals surface area contributed by atoms with Crippen LogP contribution in [0.3, 0.4) is 0 Å². The number of carboxylic acid groups (broad SMARTS) is 1. The number of aliphatic carboxylic acids is 1. The minimum absolute atomic E-state index is 0.580. The lowest BCUT2D eigenvalue weighted by molar-refractivity contribution is -0.146. The Morgan fingerprint density at radius 3 is 0.590 bits per heavy atom. The quantitative estimate of drug-likeness (QED) is 0.0597. The lowest BCUT2D eigenvalue weighted by Gasteiger charge is -2.19. The number of carbonyl (C=O) groups is 1. The van der Waals surface area contributed by atoms with E-state index >= 15 is 0 Å². The monoisotopic (exact) mass is 1170 g/mol. The van der Waals surface area contributed by atoms with Gasteiger partial charge in [-0.05, 0) is 49.4 Å². The molecule has 2 rings (SSSR count). The van der Waals surface area contributed by atoms with Gasteiger partial charge in [0.2, 0.25) is 0 Å². The minimum Gasteiger partial charge on any atom is -0.481 e. The van der Waals surface area contributed by atoms with Crippen molar-refractivity contribution in [3.63, 3.8) is 0 Å². The van der Waals surface area contributed by atoms with Gasteiger partial charge < -0.3 is 10.2 Å². The number of hydrogen-bond acceptors (Lipinski definition) is 2. The van der Waals surface area contributed by atoms with Crippen molar-refractivity contribution in [2.45, 2.75) is 476 Å². The molecule has 3 heteroatoms. The minimum atomic E-state index is -0.797. The van der Waals surface area contributed by atoms with Gasteiger partial charge in [0.1, 0.15) is 0 Å². The summed E-state index contributed by atoms with van der Waals surface area (Å²) in [6.07, 6.45) is 99.0. The largest absolute Gasteiger partial charge is 0.481 e. The van der Waals surface area contributed by atoms with Crippen molar-refractivity contribution in [1.82, 2.24) is 0 Å². The number of aliphatic hydroxyl groups is 1. The van der Waals surface area contributed by atoms with Crippen molar-refractivity contribution in [3.05, 3.63) is 0 Å². The number of rotatable bonds is 73. The van der Waals surface area contributed by atoms with E-state index in [1.807, 2.05) is 0 Å². The zero-order valence-electron chi connectivity index (χ0n) is 57.5. The van der Waals surface area contributed by atoms with Gasteiger partial charge in [-0.25, -0.2) is 0 Å². The highest BCUT2D eigenvalue weighted by molar-refractivity contribution is 5.70. The lowest BCUT2D eigenvalue weighted by atomic mass is 9.91. The summed E-state index contributed by atoms with van der Waals surface area (Å²) in [5.74, 6) is 3.04. The molecular weight excluding hydrogens is 1010 g/mol. The maximum Gasteiger partial charge on any atom is 0.309 e. The molecule has 0 aromatic carbocycles. The molecular formula is C80H156O3. The van der Waals surface area contributed by atoms with Crippen LogP contribution in [-0.4, -0.2) is 22.3 Å². The van der Waals surface area contributed by atoms with Gasteiger partial charge in [-0.15, -0.1) is 0 Å². The van der Waals surface area contributed by atoms with Crippen molar-refractivity contribution >= 4 is 5.97 Å². The second-order valence-electron chi connectivity index (χ2n) is 29.3. The number of carboxylic acids is 1. The van der Waals surface area contributed by atoms with Crippen LogP contribution in [0.1, 0.15) is 470 Å². The fourth-order valence-electron chi connectivity index (χ4n) is 14.9. The van der Waals surface area contributed by atoms with E-state index in [-0.39, 0.29) is 0 Å². The molecule has 6 unspecified atom stereocenters. The Hall–Kier alpha value is -0.570. The molecule has 83 heavy (non-hydrogen) atoms. The lowest BCUT2D eigenvalue weighted by Crippen LogP contribution is -2.28. The molecule has 0 aromatic rings. The van der Waals surface area contributed by atoms with Crippen molar-refractivity contribution in [2.24, 2.45) is 29.6 Å². The van der Waals surface area contributed by atoms with Crippen molar-refractivity contribution in [2.75, 3.05) is 0 Å². The first kappa shape index (κ1) is 78.5. The van der Waals surface area contributed by atoms with E-state index in [1.165, 1.54) is 392 Å². The molecule has 0 radical (unpaired) electrons. The second kappa shape index (κ2) is 63.0. The summed E-state index contributed by atoms with van der Waals surface area (Å²) < 4.78 is 0. The highest BCUT2D eigenvalue weighted by Crippen LogP contribution is 2.47. The maximum absolute atomic E-state index is 12.0. The fourth-order valence-corrected chi connectivity index (χ4v) is 14.9. The van der Waals surface area contributed by atoms with Crippen LogP contribution in [0.25, 0.3) is 0 Å². The topological polar surface area (TPSA) is 57.5 Å². The SMILES string of the molecule is CCCCCCCCCCCCCCCCCCCCCCC(C(=O)O)C(O)CCCCCCCCCCCCCCCCC1CC1CCCCCCCCCCCCCCCC1CC1CCCCCCCCCCCCCCCCCC. The standard InChI is InChI=1S/C80H156O3/c1-3-5-7-9-11-13-15-17-19-21-22-23-24-26-34-40-46-52-58-64-70-78(80(82)83)79(81)71-65-59-53-47-41-35-28-27-31-37-43-49-55-61-67-75-73-77(75)69-63-57-51-45-39-33-29-32-38-44-50-56-62-68-76-72-74(76)66-60-54-48-42-36-30-25-20-18-16-14-12-10-8-6-4-2/h74-79,81H,3-73H2,1-2H3,(H,82,83). The molecule has 2 aliphatic rings. The Kier molecular flexibility index (Phi) is 59.6. The highest BCUT2D eigenvalue weighted by atomic mass is 16.4. The smallest absolute Gasteiger partial charge is 0.309 e. The number of hydrogen-bond donors (Lipinski definition) is 2. The first-order valence-corrected chi connectivity index (χ1v) is 40.0. The van der Waals surface area contributed by atoms with Crippen LogP contribution in [0.4, 0.5) is 0 Å². The summed E-state index contributed by atoms with van der Waals surface area (Å²) >= 11 is 0. The molecule has 0 aromatic heterocycles. The molecule has 6 atom stereocenters. The highest BCUT2D eigenvalue weighted by Gasteiger charge is 2.36. The van der Waals surface area contributed by atoms with Crippen LogP contribution < -0.4 is 0 Å². The summed E-state index contributed by atoms with van der Waals surface area (Å²) in [7, 11) is 0. The van der Waals surface area contributed by atoms with E-state index in [1.54, 1.807) is 25.7 Å².